The first-order chi connectivity index (χ1) is 9.06. The molecular formula is C16H25ClN2. The Morgan fingerprint density at radius 1 is 1.37 bits per heavy atom. The van der Waals surface area contributed by atoms with Gasteiger partial charge in [-0.3, -0.25) is 0 Å². The minimum Gasteiger partial charge on any atom is -0.307 e. The van der Waals surface area contributed by atoms with Crippen LogP contribution in [0.2, 0.25) is 5.02 Å². The highest BCUT2D eigenvalue weighted by Gasteiger charge is 2.23. The molecule has 2 rings (SSSR count). The van der Waals surface area contributed by atoms with E-state index in [0.29, 0.717) is 12.1 Å². The molecule has 3 atom stereocenters. The van der Waals surface area contributed by atoms with Crippen molar-refractivity contribution in [1.29, 1.82) is 0 Å². The summed E-state index contributed by atoms with van der Waals surface area (Å²) in [6.07, 6.45) is 2.65. The number of nitrogens with one attached hydrogen (secondary N) is 1. The second kappa shape index (κ2) is 6.74. The van der Waals surface area contributed by atoms with Gasteiger partial charge in [-0.1, -0.05) is 23.7 Å². The maximum atomic E-state index is 6.06. The molecule has 1 N–H and O–H groups in total. The van der Waals surface area contributed by atoms with Gasteiger partial charge in [0.1, 0.15) is 0 Å². The van der Waals surface area contributed by atoms with Crippen LogP contribution in [0, 0.1) is 5.92 Å². The fraction of sp³-hybridized carbons (Fsp3) is 0.625. The zero-order valence-corrected chi connectivity index (χ0v) is 13.0. The number of benzene rings is 1. The highest BCUT2D eigenvalue weighted by molar-refractivity contribution is 6.30. The van der Waals surface area contributed by atoms with Crippen molar-refractivity contribution in [2.24, 2.45) is 5.92 Å². The van der Waals surface area contributed by atoms with Crippen LogP contribution in [0.1, 0.15) is 38.3 Å². The van der Waals surface area contributed by atoms with Crippen LogP contribution < -0.4 is 5.32 Å². The normalized spacial score (nSPS) is 24.1. The highest BCUT2D eigenvalue weighted by Crippen LogP contribution is 2.22. The van der Waals surface area contributed by atoms with Gasteiger partial charge < -0.3 is 10.2 Å². The lowest BCUT2D eigenvalue weighted by Gasteiger charge is -2.35. The van der Waals surface area contributed by atoms with Gasteiger partial charge in [0, 0.05) is 23.7 Å². The summed E-state index contributed by atoms with van der Waals surface area (Å²) in [5.41, 5.74) is 1.27. The van der Waals surface area contributed by atoms with Crippen molar-refractivity contribution in [2.75, 3.05) is 20.1 Å². The predicted octanol–water partition coefficient (Wildman–Crippen LogP) is 3.72. The molecule has 1 aromatic carbocycles. The van der Waals surface area contributed by atoms with Gasteiger partial charge in [-0.25, -0.2) is 0 Å². The third-order valence-electron chi connectivity index (χ3n) is 4.23. The fourth-order valence-corrected chi connectivity index (χ4v) is 3.22. The van der Waals surface area contributed by atoms with Gasteiger partial charge in [0.15, 0.2) is 0 Å². The number of hydrogen-bond acceptors (Lipinski definition) is 2. The molecule has 1 aromatic rings. The van der Waals surface area contributed by atoms with Gasteiger partial charge >= 0.3 is 0 Å². The lowest BCUT2D eigenvalue weighted by atomic mass is 9.91. The number of likely N-dealkylation sites (tertiary alicyclic amines) is 1. The zero-order chi connectivity index (χ0) is 13.8. The molecule has 0 bridgehead atoms. The molecule has 1 aliphatic heterocycles. The molecule has 0 amide bonds. The van der Waals surface area contributed by atoms with Crippen LogP contribution in [-0.4, -0.2) is 31.1 Å². The van der Waals surface area contributed by atoms with Crippen LogP contribution in [-0.2, 0) is 0 Å². The molecule has 0 radical (unpaired) electrons. The van der Waals surface area contributed by atoms with Crippen LogP contribution in [0.4, 0.5) is 0 Å². The van der Waals surface area contributed by atoms with Gasteiger partial charge in [-0.15, -0.1) is 0 Å². The van der Waals surface area contributed by atoms with Crippen molar-refractivity contribution in [3.63, 3.8) is 0 Å². The SMILES string of the molecule is CC(N[C@@H](C)c1cccc(Cl)c1)C1CCCN(C)C1. The molecule has 1 heterocycles. The minimum atomic E-state index is 0.348. The van der Waals surface area contributed by atoms with Crippen LogP contribution >= 0.6 is 11.6 Å². The Balaban J connectivity index is 1.92. The zero-order valence-electron chi connectivity index (χ0n) is 12.2. The molecule has 2 unspecified atom stereocenters. The molecule has 1 aliphatic rings. The van der Waals surface area contributed by atoms with Crippen LogP contribution in [0.25, 0.3) is 0 Å². The van der Waals surface area contributed by atoms with Crippen LogP contribution in [0.3, 0.4) is 0 Å². The monoisotopic (exact) mass is 280 g/mol. The summed E-state index contributed by atoms with van der Waals surface area (Å²) in [4.78, 5) is 2.44. The number of nitrogens with zero attached hydrogens (tertiary/aromatic N) is 1. The molecular weight excluding hydrogens is 256 g/mol. The average molecular weight is 281 g/mol. The summed E-state index contributed by atoms with van der Waals surface area (Å²) in [5, 5.41) is 4.54. The molecule has 0 aliphatic carbocycles. The standard InChI is InChI=1S/C16H25ClN2/c1-12(14-6-4-8-16(17)10-14)18-13(2)15-7-5-9-19(3)11-15/h4,6,8,10,12-13,15,18H,5,7,9,11H2,1-3H3/t12-,13?,15?/m0/s1. The van der Waals surface area contributed by atoms with Crippen molar-refractivity contribution in [1.82, 2.24) is 10.2 Å². The van der Waals surface area contributed by atoms with Crippen LogP contribution in [0.15, 0.2) is 24.3 Å². The molecule has 19 heavy (non-hydrogen) atoms. The predicted molar refractivity (Wildman–Crippen MR) is 82.7 cm³/mol. The largest absolute Gasteiger partial charge is 0.307 e. The fourth-order valence-electron chi connectivity index (χ4n) is 3.02. The van der Waals surface area contributed by atoms with E-state index in [1.54, 1.807) is 0 Å². The summed E-state index contributed by atoms with van der Waals surface area (Å²) in [7, 11) is 2.22. The van der Waals surface area contributed by atoms with Crippen LogP contribution in [0.5, 0.6) is 0 Å². The number of halogens is 1. The number of hydrogen-bond donors (Lipinski definition) is 1. The van der Waals surface area contributed by atoms with E-state index in [0.717, 1.165) is 10.9 Å². The first kappa shape index (κ1) is 14.8. The first-order valence-electron chi connectivity index (χ1n) is 7.26. The first-order valence-corrected chi connectivity index (χ1v) is 7.64. The number of rotatable bonds is 4. The summed E-state index contributed by atoms with van der Waals surface area (Å²) in [6, 6.07) is 9.03. The maximum absolute atomic E-state index is 6.06. The number of piperidine rings is 1. The van der Waals surface area contributed by atoms with Gasteiger partial charge in [0.2, 0.25) is 0 Å². The third kappa shape index (κ3) is 4.20. The molecule has 2 nitrogen and oxygen atoms in total. The quantitative estimate of drug-likeness (QED) is 0.904. The summed E-state index contributed by atoms with van der Waals surface area (Å²) >= 11 is 6.06. The topological polar surface area (TPSA) is 15.3 Å². The lowest BCUT2D eigenvalue weighted by Crippen LogP contribution is -2.43. The van der Waals surface area contributed by atoms with E-state index in [-0.39, 0.29) is 0 Å². The minimum absolute atomic E-state index is 0.348. The Bertz CT molecular complexity index is 407. The molecule has 1 fully saturated rings. The van der Waals surface area contributed by atoms with E-state index in [1.165, 1.54) is 31.5 Å². The molecule has 0 spiro atoms. The van der Waals surface area contributed by atoms with E-state index >= 15 is 0 Å². The molecule has 1 saturated heterocycles. The Morgan fingerprint density at radius 3 is 2.84 bits per heavy atom. The maximum Gasteiger partial charge on any atom is 0.0409 e. The summed E-state index contributed by atoms with van der Waals surface area (Å²) in [6.45, 7) is 6.98. The van der Waals surface area contributed by atoms with Crippen molar-refractivity contribution >= 4 is 11.6 Å². The van der Waals surface area contributed by atoms with Gasteiger partial charge in [0.25, 0.3) is 0 Å². The van der Waals surface area contributed by atoms with Crippen molar-refractivity contribution in [3.05, 3.63) is 34.9 Å². The summed E-state index contributed by atoms with van der Waals surface area (Å²) in [5.74, 6) is 0.750. The molecule has 3 heteroatoms. The second-order valence-electron chi connectivity index (χ2n) is 5.90. The highest BCUT2D eigenvalue weighted by atomic mass is 35.5. The van der Waals surface area contributed by atoms with E-state index in [2.05, 4.69) is 43.2 Å². The Hall–Kier alpha value is -0.570. The van der Waals surface area contributed by atoms with Gasteiger partial charge in [-0.2, -0.15) is 0 Å². The van der Waals surface area contributed by atoms with E-state index < -0.39 is 0 Å². The smallest absolute Gasteiger partial charge is 0.0409 e. The van der Waals surface area contributed by atoms with E-state index in [9.17, 15) is 0 Å². The Kier molecular flexibility index (Phi) is 5.26. The lowest BCUT2D eigenvalue weighted by molar-refractivity contribution is 0.174. The van der Waals surface area contributed by atoms with Crippen molar-refractivity contribution < 1.29 is 0 Å². The Labute approximate surface area is 122 Å². The molecule has 106 valence electrons. The third-order valence-corrected chi connectivity index (χ3v) is 4.46. The average Bonchev–Trinajstić information content (AvgIpc) is 2.38. The second-order valence-corrected chi connectivity index (χ2v) is 6.33. The van der Waals surface area contributed by atoms with E-state index in [4.69, 9.17) is 11.6 Å². The van der Waals surface area contributed by atoms with Crippen molar-refractivity contribution in [2.45, 2.75) is 38.8 Å². The summed E-state index contributed by atoms with van der Waals surface area (Å²) < 4.78 is 0. The van der Waals surface area contributed by atoms with Crippen molar-refractivity contribution in [3.8, 4) is 0 Å². The Morgan fingerprint density at radius 2 is 2.16 bits per heavy atom. The van der Waals surface area contributed by atoms with Gasteiger partial charge in [-0.05, 0) is 63.9 Å². The molecule has 0 aromatic heterocycles. The molecule has 0 saturated carbocycles. The van der Waals surface area contributed by atoms with Gasteiger partial charge in [0.05, 0.1) is 0 Å². The van der Waals surface area contributed by atoms with E-state index in [1.807, 2.05) is 12.1 Å².